The quantitative estimate of drug-likeness (QED) is 0.436. The molecule has 1 atom stereocenters. The molecule has 31 heavy (non-hydrogen) atoms. The lowest BCUT2D eigenvalue weighted by molar-refractivity contribution is -0.137. The molecule has 1 amide bonds. The number of rotatable bonds is 6. The van der Waals surface area contributed by atoms with Crippen molar-refractivity contribution in [1.82, 2.24) is 15.0 Å². The molecule has 164 valence electrons. The Bertz CT molecular complexity index is 1140. The Morgan fingerprint density at radius 3 is 2.52 bits per heavy atom. The Hall–Kier alpha value is -2.37. The number of carbonyl (C=O) groups is 2. The average molecular weight is 489 g/mol. The van der Waals surface area contributed by atoms with Crippen molar-refractivity contribution in [3.63, 3.8) is 0 Å². The number of thiazole rings is 2. The number of amides is 1. The molecule has 3 aromatic heterocycles. The van der Waals surface area contributed by atoms with Gasteiger partial charge in [0.05, 0.1) is 37.4 Å². The van der Waals surface area contributed by atoms with Crippen LogP contribution in [0.2, 0.25) is 5.02 Å². The summed E-state index contributed by atoms with van der Waals surface area (Å²) in [5, 5.41) is 3.13. The molecule has 0 aromatic carbocycles. The number of aryl methyl sites for hydroxylation is 2. The van der Waals surface area contributed by atoms with Crippen molar-refractivity contribution in [3.8, 4) is 0 Å². The monoisotopic (exact) mass is 488 g/mol. The van der Waals surface area contributed by atoms with Gasteiger partial charge in [-0.05, 0) is 19.9 Å². The predicted molar refractivity (Wildman–Crippen MR) is 113 cm³/mol. The van der Waals surface area contributed by atoms with Crippen LogP contribution in [0.15, 0.2) is 18.5 Å². The highest BCUT2D eigenvalue weighted by atomic mass is 35.5. The van der Waals surface area contributed by atoms with Crippen LogP contribution in [0.25, 0.3) is 0 Å². The van der Waals surface area contributed by atoms with Crippen molar-refractivity contribution in [2.24, 2.45) is 0 Å². The topological polar surface area (TPSA) is 84.8 Å². The van der Waals surface area contributed by atoms with Crippen LogP contribution >= 0.6 is 34.3 Å². The number of carbonyl (C=O) groups excluding carboxylic acids is 2. The zero-order valence-corrected chi connectivity index (χ0v) is 18.9. The highest BCUT2D eigenvalue weighted by Crippen LogP contribution is 2.35. The average Bonchev–Trinajstić information content (AvgIpc) is 3.29. The van der Waals surface area contributed by atoms with E-state index < -0.39 is 22.7 Å². The first kappa shape index (κ1) is 23.3. The van der Waals surface area contributed by atoms with Gasteiger partial charge in [0, 0.05) is 18.5 Å². The van der Waals surface area contributed by atoms with Crippen molar-refractivity contribution >= 4 is 51.8 Å². The number of hydrogen-bond acceptors (Lipinski definition) is 7. The first-order valence-electron chi connectivity index (χ1n) is 8.92. The van der Waals surface area contributed by atoms with E-state index >= 15 is 0 Å². The molecule has 3 aromatic rings. The van der Waals surface area contributed by atoms with E-state index in [1.807, 2.05) is 13.8 Å². The molecular formula is C19H16ClF3N4O2S2. The number of halogens is 4. The van der Waals surface area contributed by atoms with E-state index in [1.165, 1.54) is 17.5 Å². The van der Waals surface area contributed by atoms with E-state index in [9.17, 15) is 22.8 Å². The van der Waals surface area contributed by atoms with E-state index in [0.29, 0.717) is 21.6 Å². The maximum atomic E-state index is 13.0. The molecule has 12 heteroatoms. The number of hydrogen-bond donors (Lipinski definition) is 1. The van der Waals surface area contributed by atoms with E-state index in [4.69, 9.17) is 11.6 Å². The number of pyridine rings is 1. The third-order valence-corrected chi connectivity index (χ3v) is 6.86. The molecule has 0 unspecified atom stereocenters. The minimum Gasteiger partial charge on any atom is -0.306 e. The van der Waals surface area contributed by atoms with Crippen LogP contribution in [-0.2, 0) is 6.18 Å². The molecule has 3 rings (SSSR count). The van der Waals surface area contributed by atoms with Gasteiger partial charge in [0.15, 0.2) is 5.78 Å². The minimum absolute atomic E-state index is 0.0538. The van der Waals surface area contributed by atoms with Crippen LogP contribution in [0.4, 0.5) is 19.0 Å². The third-order valence-electron chi connectivity index (χ3n) is 4.22. The molecule has 0 bridgehead atoms. The predicted octanol–water partition coefficient (Wildman–Crippen LogP) is 5.91. The smallest absolute Gasteiger partial charge is 0.306 e. The minimum atomic E-state index is -4.67. The van der Waals surface area contributed by atoms with Crippen molar-refractivity contribution < 1.29 is 22.8 Å². The van der Waals surface area contributed by atoms with Gasteiger partial charge in [-0.2, -0.15) is 13.2 Å². The number of ketones is 1. The van der Waals surface area contributed by atoms with Crippen LogP contribution in [-0.4, -0.2) is 26.6 Å². The summed E-state index contributed by atoms with van der Waals surface area (Å²) in [4.78, 5) is 37.9. The second kappa shape index (κ2) is 9.01. The van der Waals surface area contributed by atoms with Gasteiger partial charge >= 0.3 is 6.18 Å². The Kier molecular flexibility index (Phi) is 6.77. The van der Waals surface area contributed by atoms with Gasteiger partial charge in [0.2, 0.25) is 0 Å². The van der Waals surface area contributed by atoms with Crippen molar-refractivity contribution in [2.75, 3.05) is 5.32 Å². The third kappa shape index (κ3) is 5.46. The standard InChI is InChI=1S/C19H16ClF3N4O2S2/c1-8(4-13(28)16-9(2)26-10(3)30-16)18-25-7-14(31-18)17(29)27-15-5-11(19(21,22)23)12(20)6-24-15/h5-8H,4H2,1-3H3,(H,24,27,29)/t8-/m0/s1. The summed E-state index contributed by atoms with van der Waals surface area (Å²) in [5.41, 5.74) is -0.405. The second-order valence-electron chi connectivity index (χ2n) is 6.74. The fourth-order valence-corrected chi connectivity index (χ4v) is 4.71. The Balaban J connectivity index is 1.69. The lowest BCUT2D eigenvalue weighted by Gasteiger charge is -2.10. The summed E-state index contributed by atoms with van der Waals surface area (Å²) < 4.78 is 38.9. The number of anilines is 1. The molecule has 0 spiro atoms. The Labute approximate surface area is 188 Å². The zero-order chi connectivity index (χ0) is 22.9. The van der Waals surface area contributed by atoms with E-state index in [1.54, 1.807) is 6.92 Å². The van der Waals surface area contributed by atoms with Gasteiger partial charge < -0.3 is 5.32 Å². The molecule has 0 saturated heterocycles. The fourth-order valence-electron chi connectivity index (χ4n) is 2.77. The summed E-state index contributed by atoms with van der Waals surface area (Å²) >= 11 is 7.94. The summed E-state index contributed by atoms with van der Waals surface area (Å²) in [7, 11) is 0. The number of alkyl halides is 3. The number of aromatic nitrogens is 3. The van der Waals surface area contributed by atoms with Crippen molar-refractivity contribution in [1.29, 1.82) is 0 Å². The Morgan fingerprint density at radius 1 is 1.19 bits per heavy atom. The molecule has 0 aliphatic carbocycles. The van der Waals surface area contributed by atoms with Crippen LogP contribution in [0.5, 0.6) is 0 Å². The largest absolute Gasteiger partial charge is 0.418 e. The molecule has 0 aliphatic heterocycles. The van der Waals surface area contributed by atoms with Gasteiger partial charge in [0.1, 0.15) is 10.7 Å². The van der Waals surface area contributed by atoms with Gasteiger partial charge in [-0.3, -0.25) is 9.59 Å². The molecule has 6 nitrogen and oxygen atoms in total. The van der Waals surface area contributed by atoms with Crippen LogP contribution in [0.1, 0.15) is 59.9 Å². The van der Waals surface area contributed by atoms with E-state index in [2.05, 4.69) is 20.3 Å². The second-order valence-corrected chi connectivity index (χ2v) is 9.41. The van der Waals surface area contributed by atoms with Gasteiger partial charge in [-0.25, -0.2) is 15.0 Å². The Morgan fingerprint density at radius 2 is 1.90 bits per heavy atom. The number of nitrogens with one attached hydrogen (secondary N) is 1. The van der Waals surface area contributed by atoms with Crippen LogP contribution < -0.4 is 5.32 Å². The summed E-state index contributed by atoms with van der Waals surface area (Å²) in [6.07, 6.45) is -2.33. The normalized spacial score (nSPS) is 12.6. The molecule has 0 aliphatic rings. The maximum Gasteiger partial charge on any atom is 0.418 e. The first-order chi connectivity index (χ1) is 14.5. The summed E-state index contributed by atoms with van der Waals surface area (Å²) in [5.74, 6) is -1.23. The molecule has 3 heterocycles. The SMILES string of the molecule is Cc1nc(C)c(C(=O)C[C@H](C)c2ncc(C(=O)Nc3cc(C(F)(F)F)c(Cl)cn3)s2)s1. The van der Waals surface area contributed by atoms with Crippen LogP contribution in [0.3, 0.4) is 0 Å². The highest BCUT2D eigenvalue weighted by Gasteiger charge is 2.34. The van der Waals surface area contributed by atoms with Gasteiger partial charge in [0.25, 0.3) is 5.91 Å². The zero-order valence-electron chi connectivity index (χ0n) is 16.5. The fraction of sp³-hybridized carbons (Fsp3) is 0.316. The van der Waals surface area contributed by atoms with Crippen LogP contribution in [0, 0.1) is 13.8 Å². The number of nitrogens with zero attached hydrogens (tertiary/aromatic N) is 3. The van der Waals surface area contributed by atoms with Crippen molar-refractivity contribution in [2.45, 2.75) is 39.3 Å². The summed E-state index contributed by atoms with van der Waals surface area (Å²) in [6, 6.07) is 0.669. The summed E-state index contributed by atoms with van der Waals surface area (Å²) in [6.45, 7) is 5.43. The number of Topliss-reactive ketones (excluding diaryl/α,β-unsaturated/α-hetero) is 1. The highest BCUT2D eigenvalue weighted by molar-refractivity contribution is 7.14. The molecule has 0 fully saturated rings. The van der Waals surface area contributed by atoms with Gasteiger partial charge in [-0.15, -0.1) is 22.7 Å². The van der Waals surface area contributed by atoms with Crippen molar-refractivity contribution in [3.05, 3.63) is 54.5 Å². The molecule has 0 radical (unpaired) electrons. The first-order valence-corrected chi connectivity index (χ1v) is 10.9. The van der Waals surface area contributed by atoms with Gasteiger partial charge in [-0.1, -0.05) is 18.5 Å². The van der Waals surface area contributed by atoms with E-state index in [0.717, 1.165) is 22.5 Å². The molecular weight excluding hydrogens is 473 g/mol. The molecule has 1 N–H and O–H groups in total. The lowest BCUT2D eigenvalue weighted by atomic mass is 10.0. The lowest BCUT2D eigenvalue weighted by Crippen LogP contribution is -2.13. The van der Waals surface area contributed by atoms with E-state index in [-0.39, 0.29) is 28.8 Å². The maximum absolute atomic E-state index is 13.0. The molecule has 0 saturated carbocycles.